The lowest BCUT2D eigenvalue weighted by molar-refractivity contribution is -0.604. The van der Waals surface area contributed by atoms with E-state index in [1.807, 2.05) is 30.3 Å². The summed E-state index contributed by atoms with van der Waals surface area (Å²) in [5, 5.41) is 14.1. The summed E-state index contributed by atoms with van der Waals surface area (Å²) >= 11 is 0. The van der Waals surface area contributed by atoms with Crippen molar-refractivity contribution in [2.45, 2.75) is 25.6 Å². The van der Waals surface area contributed by atoms with Crippen LogP contribution in [0.3, 0.4) is 0 Å². The normalized spacial score (nSPS) is 14.1. The van der Waals surface area contributed by atoms with Crippen molar-refractivity contribution in [3.05, 3.63) is 89.6 Å². The van der Waals surface area contributed by atoms with E-state index in [0.29, 0.717) is 42.1 Å². The lowest BCUT2D eigenvalue weighted by Crippen LogP contribution is -2.44. The van der Waals surface area contributed by atoms with Crippen LogP contribution < -0.4 is 19.5 Å². The van der Waals surface area contributed by atoms with Crippen molar-refractivity contribution in [2.24, 2.45) is 0 Å². The van der Waals surface area contributed by atoms with E-state index < -0.39 is 0 Å². The Balaban J connectivity index is 1.22. The SMILES string of the molecule is O=C(Nc1ccc[n+]([O-])c1)N1CCC(Oc2ccc(OCc3cccc(F)c3)cc2)CC1. The van der Waals surface area contributed by atoms with Crippen molar-refractivity contribution in [3.8, 4) is 11.5 Å². The highest BCUT2D eigenvalue weighted by Gasteiger charge is 2.24. The zero-order chi connectivity index (χ0) is 22.3. The Kier molecular flexibility index (Phi) is 6.69. The van der Waals surface area contributed by atoms with Crippen molar-refractivity contribution in [3.63, 3.8) is 0 Å². The zero-order valence-electron chi connectivity index (χ0n) is 17.4. The van der Waals surface area contributed by atoms with Gasteiger partial charge < -0.3 is 24.9 Å². The van der Waals surface area contributed by atoms with Gasteiger partial charge in [-0.25, -0.2) is 9.18 Å². The third kappa shape index (κ3) is 5.87. The Labute approximate surface area is 185 Å². The lowest BCUT2D eigenvalue weighted by atomic mass is 10.1. The standard InChI is InChI=1S/C24H24FN3O4/c25-19-4-1-3-18(15-19)17-31-21-6-8-22(9-7-21)32-23-10-13-27(14-11-23)24(29)26-20-5-2-12-28(30)16-20/h1-9,12,15-16,23H,10-11,13-14,17H2,(H,26,29). The van der Waals surface area contributed by atoms with Gasteiger partial charge >= 0.3 is 6.03 Å². The predicted molar refractivity (Wildman–Crippen MR) is 117 cm³/mol. The molecule has 2 amide bonds. The molecule has 4 rings (SSSR count). The van der Waals surface area contributed by atoms with Crippen molar-refractivity contribution in [2.75, 3.05) is 18.4 Å². The number of aromatic nitrogens is 1. The van der Waals surface area contributed by atoms with Crippen LogP contribution in [-0.4, -0.2) is 30.1 Å². The van der Waals surface area contributed by atoms with Gasteiger partial charge in [0.25, 0.3) is 0 Å². The maximum absolute atomic E-state index is 13.2. The third-order valence-corrected chi connectivity index (χ3v) is 5.18. The van der Waals surface area contributed by atoms with Gasteiger partial charge in [0.05, 0.1) is 0 Å². The van der Waals surface area contributed by atoms with Crippen LogP contribution >= 0.6 is 0 Å². The third-order valence-electron chi connectivity index (χ3n) is 5.18. The number of nitrogens with one attached hydrogen (secondary N) is 1. The van der Waals surface area contributed by atoms with Gasteiger partial charge in [-0.15, -0.1) is 0 Å². The van der Waals surface area contributed by atoms with E-state index >= 15 is 0 Å². The summed E-state index contributed by atoms with van der Waals surface area (Å²) in [5.74, 6) is 1.12. The molecule has 0 saturated carbocycles. The Hall–Kier alpha value is -3.81. The number of urea groups is 1. The summed E-state index contributed by atoms with van der Waals surface area (Å²) in [6.45, 7) is 1.42. The Morgan fingerprint density at radius 3 is 2.56 bits per heavy atom. The Morgan fingerprint density at radius 1 is 1.09 bits per heavy atom. The molecule has 3 aromatic rings. The zero-order valence-corrected chi connectivity index (χ0v) is 17.4. The number of anilines is 1. The number of carbonyl (C=O) groups excluding carboxylic acids is 1. The first kappa shape index (κ1) is 21.4. The van der Waals surface area contributed by atoms with Gasteiger partial charge in [-0.05, 0) is 48.0 Å². The number of amides is 2. The molecule has 1 aliphatic rings. The molecule has 0 bridgehead atoms. The molecule has 7 nitrogen and oxygen atoms in total. The van der Waals surface area contributed by atoms with Crippen LogP contribution in [0.15, 0.2) is 73.1 Å². The summed E-state index contributed by atoms with van der Waals surface area (Å²) in [6, 6.07) is 16.7. The number of nitrogens with zero attached hydrogens (tertiary/aromatic N) is 2. The minimum atomic E-state index is -0.283. The summed E-state index contributed by atoms with van der Waals surface area (Å²) < 4.78 is 25.6. The fourth-order valence-electron chi connectivity index (χ4n) is 3.51. The molecule has 2 heterocycles. The highest BCUT2D eigenvalue weighted by atomic mass is 19.1. The molecule has 0 atom stereocenters. The van der Waals surface area contributed by atoms with Gasteiger partial charge in [0.2, 0.25) is 6.20 Å². The number of pyridine rings is 1. The molecule has 0 unspecified atom stereocenters. The maximum atomic E-state index is 13.2. The second-order valence-electron chi connectivity index (χ2n) is 7.58. The van der Waals surface area contributed by atoms with Gasteiger partial charge in [0, 0.05) is 32.0 Å². The van der Waals surface area contributed by atoms with Gasteiger partial charge in [0.15, 0.2) is 6.20 Å². The molecule has 1 saturated heterocycles. The van der Waals surface area contributed by atoms with Crippen LogP contribution in [0.2, 0.25) is 0 Å². The molecule has 1 aliphatic heterocycles. The first-order chi connectivity index (χ1) is 15.5. The average Bonchev–Trinajstić information content (AvgIpc) is 2.79. The molecule has 0 spiro atoms. The van der Waals surface area contributed by atoms with Gasteiger partial charge in [-0.2, -0.15) is 4.73 Å². The maximum Gasteiger partial charge on any atom is 0.322 e. The van der Waals surface area contributed by atoms with Crippen LogP contribution in [0.4, 0.5) is 14.9 Å². The number of halogens is 1. The van der Waals surface area contributed by atoms with Crippen molar-refractivity contribution < 1.29 is 23.4 Å². The fraction of sp³-hybridized carbons (Fsp3) is 0.250. The summed E-state index contributed by atoms with van der Waals surface area (Å²) in [4.78, 5) is 14.1. The smallest absolute Gasteiger partial charge is 0.322 e. The van der Waals surface area contributed by atoms with Gasteiger partial charge in [-0.3, -0.25) is 0 Å². The molecule has 1 fully saturated rings. The topological polar surface area (TPSA) is 77.7 Å². The van der Waals surface area contributed by atoms with Gasteiger partial charge in [0.1, 0.15) is 35.7 Å². The molecule has 0 aliphatic carbocycles. The molecular formula is C24H24FN3O4. The van der Waals surface area contributed by atoms with Crippen LogP contribution in [0.5, 0.6) is 11.5 Å². The number of ether oxygens (including phenoxy) is 2. The summed E-state index contributed by atoms with van der Waals surface area (Å²) in [5.41, 5.74) is 1.23. The summed E-state index contributed by atoms with van der Waals surface area (Å²) in [7, 11) is 0. The van der Waals surface area contributed by atoms with E-state index in [1.54, 1.807) is 23.1 Å². The number of rotatable bonds is 6. The number of likely N-dealkylation sites (tertiary alicyclic amines) is 1. The monoisotopic (exact) mass is 437 g/mol. The second kappa shape index (κ2) is 10.00. The number of carbonyl (C=O) groups is 1. The molecule has 32 heavy (non-hydrogen) atoms. The van der Waals surface area contributed by atoms with E-state index in [4.69, 9.17) is 9.47 Å². The van der Waals surface area contributed by atoms with Crippen molar-refractivity contribution >= 4 is 11.7 Å². The first-order valence-corrected chi connectivity index (χ1v) is 10.4. The largest absolute Gasteiger partial charge is 0.619 e. The minimum Gasteiger partial charge on any atom is -0.619 e. The fourth-order valence-corrected chi connectivity index (χ4v) is 3.51. The van der Waals surface area contributed by atoms with Crippen molar-refractivity contribution in [1.29, 1.82) is 0 Å². The first-order valence-electron chi connectivity index (χ1n) is 10.4. The van der Waals surface area contributed by atoms with Gasteiger partial charge in [-0.1, -0.05) is 12.1 Å². The second-order valence-corrected chi connectivity index (χ2v) is 7.58. The Bertz CT molecular complexity index is 1050. The number of benzene rings is 2. The Morgan fingerprint density at radius 2 is 1.84 bits per heavy atom. The highest BCUT2D eigenvalue weighted by molar-refractivity contribution is 5.89. The van der Waals surface area contributed by atoms with E-state index in [2.05, 4.69) is 5.32 Å². The molecular weight excluding hydrogens is 413 g/mol. The van der Waals surface area contributed by atoms with Crippen LogP contribution in [0.25, 0.3) is 0 Å². The summed E-state index contributed by atoms with van der Waals surface area (Å²) in [6.07, 6.45) is 4.11. The number of hydrogen-bond acceptors (Lipinski definition) is 4. The molecule has 0 radical (unpaired) electrons. The van der Waals surface area contributed by atoms with Crippen molar-refractivity contribution in [1.82, 2.24) is 4.90 Å². The van der Waals surface area contributed by atoms with E-state index in [0.717, 1.165) is 11.3 Å². The molecule has 1 aromatic heterocycles. The van der Waals surface area contributed by atoms with E-state index in [-0.39, 0.29) is 24.6 Å². The molecule has 2 aromatic carbocycles. The average molecular weight is 437 g/mol. The van der Waals surface area contributed by atoms with E-state index in [1.165, 1.54) is 24.5 Å². The molecule has 8 heteroatoms. The van der Waals surface area contributed by atoms with Crippen LogP contribution in [-0.2, 0) is 6.61 Å². The molecule has 1 N–H and O–H groups in total. The predicted octanol–water partition coefficient (Wildman–Crippen LogP) is 4.11. The minimum absolute atomic E-state index is 0.0126. The lowest BCUT2D eigenvalue weighted by Gasteiger charge is -2.32. The van der Waals surface area contributed by atoms with Crippen LogP contribution in [0, 0.1) is 11.0 Å². The molecule has 166 valence electrons. The van der Waals surface area contributed by atoms with Crippen LogP contribution in [0.1, 0.15) is 18.4 Å². The quantitative estimate of drug-likeness (QED) is 0.465. The highest BCUT2D eigenvalue weighted by Crippen LogP contribution is 2.23. The number of piperidine rings is 1. The number of hydrogen-bond donors (Lipinski definition) is 1. The van der Waals surface area contributed by atoms with E-state index in [9.17, 15) is 14.4 Å².